The van der Waals surface area contributed by atoms with Crippen molar-refractivity contribution in [1.29, 1.82) is 0 Å². The Bertz CT molecular complexity index is 1010. The number of rotatable bonds is 4. The molecule has 1 aromatic carbocycles. The summed E-state index contributed by atoms with van der Waals surface area (Å²) >= 11 is 0. The highest BCUT2D eigenvalue weighted by atomic mass is 16.3. The zero-order valence-corrected chi connectivity index (χ0v) is 14.2. The SMILES string of the molecule is CC(C)c1ccc2c(=O)c(C(c3ccc[nH]3)c3ccc[nH]3)coc2c1. The highest BCUT2D eigenvalue weighted by molar-refractivity contribution is 5.78. The smallest absolute Gasteiger partial charge is 0.196 e. The number of aromatic nitrogens is 2. The molecule has 4 rings (SSSR count). The van der Waals surface area contributed by atoms with E-state index in [0.29, 0.717) is 22.5 Å². The van der Waals surface area contributed by atoms with Gasteiger partial charge in [0.05, 0.1) is 23.1 Å². The van der Waals surface area contributed by atoms with Crippen LogP contribution in [0.25, 0.3) is 11.0 Å². The van der Waals surface area contributed by atoms with Crippen LogP contribution in [0.2, 0.25) is 0 Å². The summed E-state index contributed by atoms with van der Waals surface area (Å²) in [6.45, 7) is 4.25. The minimum Gasteiger partial charge on any atom is -0.464 e. The third kappa shape index (κ3) is 2.70. The number of hydrogen-bond acceptors (Lipinski definition) is 2. The van der Waals surface area contributed by atoms with E-state index >= 15 is 0 Å². The minimum atomic E-state index is -0.213. The topological polar surface area (TPSA) is 61.8 Å². The van der Waals surface area contributed by atoms with E-state index < -0.39 is 0 Å². The van der Waals surface area contributed by atoms with E-state index in [0.717, 1.165) is 17.0 Å². The number of H-pyrrole nitrogens is 2. The lowest BCUT2D eigenvalue weighted by Gasteiger charge is -2.15. The van der Waals surface area contributed by atoms with Gasteiger partial charge >= 0.3 is 0 Å². The predicted molar refractivity (Wildman–Crippen MR) is 99.1 cm³/mol. The van der Waals surface area contributed by atoms with E-state index in [1.54, 1.807) is 6.26 Å². The number of hydrogen-bond donors (Lipinski definition) is 2. The van der Waals surface area contributed by atoms with Crippen molar-refractivity contribution in [1.82, 2.24) is 9.97 Å². The monoisotopic (exact) mass is 332 g/mol. The van der Waals surface area contributed by atoms with E-state index in [9.17, 15) is 4.79 Å². The predicted octanol–water partition coefficient (Wildman–Crippen LogP) is 4.75. The van der Waals surface area contributed by atoms with Crippen molar-refractivity contribution in [3.8, 4) is 0 Å². The summed E-state index contributed by atoms with van der Waals surface area (Å²) in [5.41, 5.74) is 4.33. The number of benzene rings is 1. The van der Waals surface area contributed by atoms with Crippen molar-refractivity contribution < 1.29 is 4.42 Å². The summed E-state index contributed by atoms with van der Waals surface area (Å²) in [6, 6.07) is 13.7. The fourth-order valence-electron chi connectivity index (χ4n) is 3.27. The Morgan fingerprint density at radius 3 is 2.20 bits per heavy atom. The van der Waals surface area contributed by atoms with Crippen LogP contribution in [0.4, 0.5) is 0 Å². The van der Waals surface area contributed by atoms with Gasteiger partial charge in [0.2, 0.25) is 0 Å². The largest absolute Gasteiger partial charge is 0.464 e. The molecule has 0 atom stereocenters. The van der Waals surface area contributed by atoms with Gasteiger partial charge in [-0.1, -0.05) is 19.9 Å². The molecular formula is C21H20N2O2. The van der Waals surface area contributed by atoms with Crippen LogP contribution in [0.15, 0.2) is 70.3 Å². The molecule has 0 aliphatic rings. The van der Waals surface area contributed by atoms with Crippen LogP contribution in [0.1, 0.15) is 48.2 Å². The molecule has 0 radical (unpaired) electrons. The Hall–Kier alpha value is -3.01. The maximum atomic E-state index is 13.2. The minimum absolute atomic E-state index is 0.00533. The maximum Gasteiger partial charge on any atom is 0.196 e. The molecule has 3 aromatic heterocycles. The van der Waals surface area contributed by atoms with Gasteiger partial charge in [-0.25, -0.2) is 0 Å². The number of fused-ring (bicyclic) bond motifs is 1. The Kier molecular flexibility index (Phi) is 3.80. The Labute approximate surface area is 145 Å². The maximum absolute atomic E-state index is 13.2. The molecule has 2 N–H and O–H groups in total. The summed E-state index contributed by atoms with van der Waals surface area (Å²) in [7, 11) is 0. The molecule has 25 heavy (non-hydrogen) atoms. The van der Waals surface area contributed by atoms with E-state index in [2.05, 4.69) is 23.8 Å². The fraction of sp³-hybridized carbons (Fsp3) is 0.190. The quantitative estimate of drug-likeness (QED) is 0.566. The zero-order chi connectivity index (χ0) is 17.4. The molecule has 4 nitrogen and oxygen atoms in total. The molecular weight excluding hydrogens is 312 g/mol. The molecule has 0 saturated carbocycles. The normalized spacial score (nSPS) is 11.7. The first-order valence-corrected chi connectivity index (χ1v) is 8.47. The van der Waals surface area contributed by atoms with Gasteiger partial charge in [0.25, 0.3) is 0 Å². The van der Waals surface area contributed by atoms with Crippen LogP contribution in [-0.2, 0) is 0 Å². The Balaban J connectivity index is 1.91. The molecule has 0 amide bonds. The average Bonchev–Trinajstić information content (AvgIpc) is 3.31. The van der Waals surface area contributed by atoms with Gasteiger partial charge in [-0.05, 0) is 47.9 Å². The number of nitrogens with one attached hydrogen (secondary N) is 2. The lowest BCUT2D eigenvalue weighted by atomic mass is 9.92. The van der Waals surface area contributed by atoms with Crippen LogP contribution in [0, 0.1) is 0 Å². The van der Waals surface area contributed by atoms with Gasteiger partial charge in [-0.2, -0.15) is 0 Å². The van der Waals surface area contributed by atoms with Crippen LogP contribution in [0.5, 0.6) is 0 Å². The van der Waals surface area contributed by atoms with Crippen molar-refractivity contribution in [2.45, 2.75) is 25.7 Å². The van der Waals surface area contributed by atoms with E-state index in [4.69, 9.17) is 4.42 Å². The first-order valence-electron chi connectivity index (χ1n) is 8.47. The third-order valence-electron chi connectivity index (χ3n) is 4.67. The Morgan fingerprint density at radius 1 is 0.960 bits per heavy atom. The summed E-state index contributed by atoms with van der Waals surface area (Å²) in [4.78, 5) is 19.6. The molecule has 0 saturated heterocycles. The molecule has 0 fully saturated rings. The first kappa shape index (κ1) is 15.5. The van der Waals surface area contributed by atoms with Gasteiger partial charge in [-0.3, -0.25) is 4.79 Å². The highest BCUT2D eigenvalue weighted by Gasteiger charge is 2.23. The molecule has 0 aliphatic carbocycles. The summed E-state index contributed by atoms with van der Waals surface area (Å²) in [6.07, 6.45) is 5.33. The van der Waals surface area contributed by atoms with Crippen LogP contribution >= 0.6 is 0 Å². The molecule has 4 heteroatoms. The first-order chi connectivity index (χ1) is 12.1. The van der Waals surface area contributed by atoms with Crippen LogP contribution in [0.3, 0.4) is 0 Å². The molecule has 0 spiro atoms. The van der Waals surface area contributed by atoms with E-state index in [1.807, 2.05) is 54.9 Å². The second kappa shape index (κ2) is 6.13. The summed E-state index contributed by atoms with van der Waals surface area (Å²) in [5, 5.41) is 0.616. The second-order valence-corrected chi connectivity index (χ2v) is 6.61. The van der Waals surface area contributed by atoms with Gasteiger partial charge in [0.15, 0.2) is 5.43 Å². The van der Waals surface area contributed by atoms with Crippen LogP contribution < -0.4 is 5.43 Å². The van der Waals surface area contributed by atoms with Crippen molar-refractivity contribution in [3.63, 3.8) is 0 Å². The van der Waals surface area contributed by atoms with E-state index in [1.165, 1.54) is 0 Å². The highest BCUT2D eigenvalue weighted by Crippen LogP contribution is 2.29. The van der Waals surface area contributed by atoms with Gasteiger partial charge in [0.1, 0.15) is 5.58 Å². The third-order valence-corrected chi connectivity index (χ3v) is 4.67. The van der Waals surface area contributed by atoms with Crippen LogP contribution in [-0.4, -0.2) is 9.97 Å². The molecule has 126 valence electrons. The van der Waals surface area contributed by atoms with Crippen molar-refractivity contribution in [3.05, 3.63) is 93.9 Å². The molecule has 4 aromatic rings. The summed E-state index contributed by atoms with van der Waals surface area (Å²) in [5.74, 6) is 0.176. The molecule has 0 bridgehead atoms. The Morgan fingerprint density at radius 2 is 1.64 bits per heavy atom. The van der Waals surface area contributed by atoms with Gasteiger partial charge < -0.3 is 14.4 Å². The average molecular weight is 332 g/mol. The lowest BCUT2D eigenvalue weighted by molar-refractivity contribution is 0.588. The van der Waals surface area contributed by atoms with E-state index in [-0.39, 0.29) is 11.3 Å². The molecule has 0 unspecified atom stereocenters. The number of aromatic amines is 2. The standard InChI is InChI=1S/C21H20N2O2/c1-13(2)14-7-8-15-19(11-14)25-12-16(21(15)24)20(17-5-3-9-22-17)18-6-4-10-23-18/h3-13,20,22-23H,1-2H3. The lowest BCUT2D eigenvalue weighted by Crippen LogP contribution is -2.16. The summed E-state index contributed by atoms with van der Waals surface area (Å²) < 4.78 is 5.86. The fourth-order valence-corrected chi connectivity index (χ4v) is 3.27. The van der Waals surface area contributed by atoms with Crippen molar-refractivity contribution >= 4 is 11.0 Å². The van der Waals surface area contributed by atoms with Gasteiger partial charge in [-0.15, -0.1) is 0 Å². The molecule has 3 heterocycles. The van der Waals surface area contributed by atoms with Gasteiger partial charge in [0, 0.05) is 23.8 Å². The van der Waals surface area contributed by atoms with Crippen molar-refractivity contribution in [2.75, 3.05) is 0 Å². The molecule has 0 aliphatic heterocycles. The van der Waals surface area contributed by atoms with Crippen molar-refractivity contribution in [2.24, 2.45) is 0 Å². The second-order valence-electron chi connectivity index (χ2n) is 6.61. The zero-order valence-electron chi connectivity index (χ0n) is 14.2.